The summed E-state index contributed by atoms with van der Waals surface area (Å²) in [6, 6.07) is 17.2. The standard InChI is InChI=1S/C25H26N4O3/c30-24-21-16-19-18-8-4-5-9-20(18)26-22(19)23(17-6-2-1-3-7-17)29(21)25(31)28(24)11-10-27-12-14-32-15-13-27/h1-9,21,23,26H,10-16H2. The summed E-state index contributed by atoms with van der Waals surface area (Å²) in [7, 11) is 0. The van der Waals surface area contributed by atoms with Gasteiger partial charge in [0.25, 0.3) is 5.91 Å². The van der Waals surface area contributed by atoms with Crippen molar-refractivity contribution >= 4 is 22.8 Å². The number of aromatic nitrogens is 1. The first-order valence-corrected chi connectivity index (χ1v) is 11.3. The van der Waals surface area contributed by atoms with E-state index in [1.165, 1.54) is 4.90 Å². The van der Waals surface area contributed by atoms with Gasteiger partial charge in [0.1, 0.15) is 12.1 Å². The fourth-order valence-electron chi connectivity index (χ4n) is 5.38. The van der Waals surface area contributed by atoms with Gasteiger partial charge in [-0.3, -0.25) is 19.5 Å². The van der Waals surface area contributed by atoms with Gasteiger partial charge >= 0.3 is 6.03 Å². The van der Waals surface area contributed by atoms with Crippen LogP contribution in [0.5, 0.6) is 0 Å². The van der Waals surface area contributed by atoms with E-state index in [9.17, 15) is 9.59 Å². The average molecular weight is 431 g/mol. The zero-order valence-corrected chi connectivity index (χ0v) is 17.9. The Morgan fingerprint density at radius 2 is 1.69 bits per heavy atom. The van der Waals surface area contributed by atoms with Crippen LogP contribution in [0.15, 0.2) is 54.6 Å². The number of hydrogen-bond acceptors (Lipinski definition) is 4. The van der Waals surface area contributed by atoms with Gasteiger partial charge in [-0.2, -0.15) is 0 Å². The first-order valence-electron chi connectivity index (χ1n) is 11.3. The van der Waals surface area contributed by atoms with Crippen LogP contribution in [0, 0.1) is 0 Å². The first kappa shape index (κ1) is 19.5. The molecule has 7 nitrogen and oxygen atoms in total. The van der Waals surface area contributed by atoms with E-state index in [-0.39, 0.29) is 18.0 Å². The number of carbonyl (C=O) groups excluding carboxylic acids is 2. The predicted molar refractivity (Wildman–Crippen MR) is 120 cm³/mol. The highest BCUT2D eigenvalue weighted by molar-refractivity contribution is 6.05. The lowest BCUT2D eigenvalue weighted by molar-refractivity contribution is -0.128. The van der Waals surface area contributed by atoms with Crippen molar-refractivity contribution in [3.8, 4) is 0 Å². The second-order valence-electron chi connectivity index (χ2n) is 8.73. The molecule has 7 heteroatoms. The topological polar surface area (TPSA) is 68.9 Å². The minimum atomic E-state index is -0.468. The van der Waals surface area contributed by atoms with Crippen LogP contribution in [0.3, 0.4) is 0 Å². The van der Waals surface area contributed by atoms with Gasteiger partial charge in [0, 0.05) is 49.2 Å². The van der Waals surface area contributed by atoms with Gasteiger partial charge in [-0.15, -0.1) is 0 Å². The molecule has 2 saturated heterocycles. The quantitative estimate of drug-likeness (QED) is 0.647. The van der Waals surface area contributed by atoms with E-state index in [0.717, 1.165) is 40.8 Å². The summed E-state index contributed by atoms with van der Waals surface area (Å²) >= 11 is 0. The third kappa shape index (κ3) is 3.04. The Kier molecular flexibility index (Phi) is 4.73. The Morgan fingerprint density at radius 1 is 0.938 bits per heavy atom. The van der Waals surface area contributed by atoms with Crippen LogP contribution in [-0.4, -0.2) is 77.1 Å². The molecule has 2 atom stereocenters. The van der Waals surface area contributed by atoms with Crippen molar-refractivity contribution in [2.24, 2.45) is 0 Å². The van der Waals surface area contributed by atoms with Crippen LogP contribution in [0.1, 0.15) is 22.9 Å². The summed E-state index contributed by atoms with van der Waals surface area (Å²) in [6.07, 6.45) is 0.543. The number of carbonyl (C=O) groups is 2. The number of imide groups is 1. The molecule has 0 radical (unpaired) electrons. The van der Waals surface area contributed by atoms with Crippen molar-refractivity contribution in [3.63, 3.8) is 0 Å². The maximum absolute atomic E-state index is 13.6. The number of nitrogens with one attached hydrogen (secondary N) is 1. The Bertz CT molecular complexity index is 1170. The van der Waals surface area contributed by atoms with Crippen LogP contribution in [-0.2, 0) is 16.0 Å². The molecule has 32 heavy (non-hydrogen) atoms. The molecule has 0 saturated carbocycles. The number of aromatic amines is 1. The molecule has 1 N–H and O–H groups in total. The molecule has 3 aliphatic rings. The van der Waals surface area contributed by atoms with Crippen LogP contribution in [0.4, 0.5) is 4.79 Å². The molecule has 0 spiro atoms. The van der Waals surface area contributed by atoms with Gasteiger partial charge in [-0.05, 0) is 17.2 Å². The second-order valence-corrected chi connectivity index (χ2v) is 8.73. The zero-order valence-electron chi connectivity index (χ0n) is 17.9. The Labute approximate surface area is 186 Å². The maximum atomic E-state index is 13.6. The third-order valence-electron chi connectivity index (χ3n) is 6.99. The van der Waals surface area contributed by atoms with Crippen molar-refractivity contribution in [1.29, 1.82) is 0 Å². The second kappa shape index (κ2) is 7.76. The molecule has 0 bridgehead atoms. The molecule has 2 unspecified atom stereocenters. The molecule has 6 rings (SSSR count). The molecule has 3 amide bonds. The lowest BCUT2D eigenvalue weighted by Crippen LogP contribution is -2.44. The lowest BCUT2D eigenvalue weighted by atomic mass is 9.89. The molecular formula is C25H26N4O3. The van der Waals surface area contributed by atoms with Gasteiger partial charge in [0.05, 0.1) is 13.2 Å². The van der Waals surface area contributed by atoms with Gasteiger partial charge in [0.15, 0.2) is 0 Å². The van der Waals surface area contributed by atoms with Crippen molar-refractivity contribution in [2.75, 3.05) is 39.4 Å². The van der Waals surface area contributed by atoms with E-state index in [0.29, 0.717) is 32.7 Å². The number of morpholine rings is 1. The molecule has 1 aromatic heterocycles. The number of fused-ring (bicyclic) bond motifs is 4. The van der Waals surface area contributed by atoms with Crippen LogP contribution < -0.4 is 0 Å². The van der Waals surface area contributed by atoms with Gasteiger partial charge in [-0.1, -0.05) is 48.5 Å². The molecule has 4 heterocycles. The summed E-state index contributed by atoms with van der Waals surface area (Å²) in [5.74, 6) is -0.0832. The SMILES string of the molecule is O=C1C2Cc3c([nH]c4ccccc34)C(c3ccccc3)N2C(=O)N1CCN1CCOCC1. The fourth-order valence-corrected chi connectivity index (χ4v) is 5.38. The van der Waals surface area contributed by atoms with E-state index in [4.69, 9.17) is 4.74 Å². The number of amides is 3. The lowest BCUT2D eigenvalue weighted by Gasteiger charge is -2.36. The summed E-state index contributed by atoms with van der Waals surface area (Å²) in [5, 5.41) is 1.13. The normalized spacial score (nSPS) is 23.6. The van der Waals surface area contributed by atoms with Crippen molar-refractivity contribution in [2.45, 2.75) is 18.5 Å². The number of hydrogen-bond donors (Lipinski definition) is 1. The summed E-state index contributed by atoms with van der Waals surface area (Å²) in [5.41, 5.74) is 4.22. The van der Waals surface area contributed by atoms with Crippen LogP contribution in [0.25, 0.3) is 10.9 Å². The number of nitrogens with zero attached hydrogens (tertiary/aromatic N) is 3. The average Bonchev–Trinajstić information content (AvgIpc) is 3.32. The largest absolute Gasteiger partial charge is 0.379 e. The summed E-state index contributed by atoms with van der Waals surface area (Å²) in [6.45, 7) is 4.19. The number of para-hydroxylation sites is 1. The van der Waals surface area contributed by atoms with Gasteiger partial charge < -0.3 is 9.72 Å². The molecule has 2 aromatic carbocycles. The number of ether oxygens (including phenoxy) is 1. The van der Waals surface area contributed by atoms with E-state index < -0.39 is 6.04 Å². The van der Waals surface area contributed by atoms with Gasteiger partial charge in [0.2, 0.25) is 0 Å². The number of urea groups is 1. The van der Waals surface area contributed by atoms with Crippen LogP contribution in [0.2, 0.25) is 0 Å². The Morgan fingerprint density at radius 3 is 2.50 bits per heavy atom. The van der Waals surface area contributed by atoms with Crippen molar-refractivity contribution < 1.29 is 14.3 Å². The predicted octanol–water partition coefficient (Wildman–Crippen LogP) is 2.78. The minimum Gasteiger partial charge on any atom is -0.379 e. The Balaban J connectivity index is 1.38. The van der Waals surface area contributed by atoms with E-state index >= 15 is 0 Å². The smallest absolute Gasteiger partial charge is 0.328 e. The minimum absolute atomic E-state index is 0.0832. The van der Waals surface area contributed by atoms with E-state index in [1.807, 2.05) is 42.5 Å². The van der Waals surface area contributed by atoms with Gasteiger partial charge in [-0.25, -0.2) is 4.79 Å². The molecule has 0 aliphatic carbocycles. The number of rotatable bonds is 4. The number of H-pyrrole nitrogens is 1. The highest BCUT2D eigenvalue weighted by Crippen LogP contribution is 2.43. The summed E-state index contributed by atoms with van der Waals surface area (Å²) < 4.78 is 5.42. The molecule has 2 fully saturated rings. The summed E-state index contributed by atoms with van der Waals surface area (Å²) in [4.78, 5) is 36.2. The number of benzene rings is 2. The highest BCUT2D eigenvalue weighted by atomic mass is 16.5. The molecule has 164 valence electrons. The fraction of sp³-hybridized carbons (Fsp3) is 0.360. The van der Waals surface area contributed by atoms with Crippen molar-refractivity contribution in [1.82, 2.24) is 19.7 Å². The Hall–Kier alpha value is -3.16. The zero-order chi connectivity index (χ0) is 21.7. The molecule has 3 aromatic rings. The monoisotopic (exact) mass is 430 g/mol. The molecule has 3 aliphatic heterocycles. The highest BCUT2D eigenvalue weighted by Gasteiger charge is 2.52. The van der Waals surface area contributed by atoms with Crippen LogP contribution >= 0.6 is 0 Å². The van der Waals surface area contributed by atoms with E-state index in [2.05, 4.69) is 22.0 Å². The maximum Gasteiger partial charge on any atom is 0.328 e. The first-order chi connectivity index (χ1) is 15.7. The van der Waals surface area contributed by atoms with E-state index in [1.54, 1.807) is 4.90 Å². The van der Waals surface area contributed by atoms with Crippen molar-refractivity contribution in [3.05, 3.63) is 71.4 Å². The molecular weight excluding hydrogens is 404 g/mol. The third-order valence-corrected chi connectivity index (χ3v) is 6.99.